The van der Waals surface area contributed by atoms with Gasteiger partial charge in [-0.05, 0) is 44.4 Å². The fourth-order valence-corrected chi connectivity index (χ4v) is 3.92. The van der Waals surface area contributed by atoms with Crippen molar-refractivity contribution in [1.82, 2.24) is 0 Å². The zero-order valence-electron chi connectivity index (χ0n) is 16.3. The van der Waals surface area contributed by atoms with Crippen molar-refractivity contribution in [3.63, 3.8) is 0 Å². The molecular weight excluding hydrogens is 392 g/mol. The molecule has 5 rings (SSSR count). The Morgan fingerprint density at radius 1 is 1.10 bits per heavy atom. The number of aromatic carboxylic acids is 1. The molecule has 8 heteroatoms. The summed E-state index contributed by atoms with van der Waals surface area (Å²) in [5, 5.41) is 20.5. The fourth-order valence-electron chi connectivity index (χ4n) is 3.92. The van der Waals surface area contributed by atoms with Crippen LogP contribution in [0.3, 0.4) is 0 Å². The summed E-state index contributed by atoms with van der Waals surface area (Å²) >= 11 is 0. The minimum atomic E-state index is -1.40. The van der Waals surface area contributed by atoms with Crippen LogP contribution in [-0.2, 0) is 6.42 Å². The first-order chi connectivity index (χ1) is 14.2. The molecule has 0 amide bonds. The summed E-state index contributed by atoms with van der Waals surface area (Å²) in [6, 6.07) is 6.14. The molecule has 0 spiro atoms. The van der Waals surface area contributed by atoms with Crippen molar-refractivity contribution in [1.29, 1.82) is 0 Å². The Balaban J connectivity index is 1.81. The second-order valence-electron chi connectivity index (χ2n) is 7.95. The number of phenols is 1. The smallest absolute Gasteiger partial charge is 0.372 e. The van der Waals surface area contributed by atoms with Gasteiger partial charge in [0.05, 0.1) is 5.56 Å². The van der Waals surface area contributed by atoms with Gasteiger partial charge in [-0.2, -0.15) is 0 Å². The first-order valence-corrected chi connectivity index (χ1v) is 9.43. The Labute approximate surface area is 170 Å². The van der Waals surface area contributed by atoms with Gasteiger partial charge in [0.2, 0.25) is 18.0 Å². The highest BCUT2D eigenvalue weighted by Gasteiger charge is 2.32. The lowest BCUT2D eigenvalue weighted by Gasteiger charge is -2.33. The van der Waals surface area contributed by atoms with E-state index in [1.807, 2.05) is 13.8 Å². The van der Waals surface area contributed by atoms with Crippen LogP contribution in [0.1, 0.15) is 36.4 Å². The van der Waals surface area contributed by atoms with E-state index in [-0.39, 0.29) is 29.1 Å². The van der Waals surface area contributed by atoms with Crippen LogP contribution in [0.15, 0.2) is 33.5 Å². The van der Waals surface area contributed by atoms with Crippen molar-refractivity contribution >= 4 is 16.9 Å². The third-order valence-corrected chi connectivity index (χ3v) is 5.44. The zero-order chi connectivity index (χ0) is 21.2. The number of carbonyl (C=O) groups is 1. The Kier molecular flexibility index (Phi) is 3.77. The number of aromatic hydroxyl groups is 1. The van der Waals surface area contributed by atoms with E-state index in [0.717, 1.165) is 0 Å². The molecule has 0 saturated carbocycles. The third kappa shape index (κ3) is 2.67. The molecule has 1 aromatic heterocycles. The molecule has 2 aromatic carbocycles. The predicted octanol–water partition coefficient (Wildman–Crippen LogP) is 3.70. The van der Waals surface area contributed by atoms with Crippen molar-refractivity contribution in [2.45, 2.75) is 32.3 Å². The minimum absolute atomic E-state index is 0.0418. The van der Waals surface area contributed by atoms with E-state index in [4.69, 9.17) is 18.6 Å². The van der Waals surface area contributed by atoms with E-state index >= 15 is 0 Å². The molecule has 0 atom stereocenters. The summed E-state index contributed by atoms with van der Waals surface area (Å²) in [6.07, 6.45) is 1.18. The molecule has 2 N–H and O–H groups in total. The molecule has 0 bridgehead atoms. The van der Waals surface area contributed by atoms with E-state index in [9.17, 15) is 19.8 Å². The van der Waals surface area contributed by atoms with Crippen molar-refractivity contribution in [2.75, 3.05) is 6.79 Å². The monoisotopic (exact) mass is 410 g/mol. The lowest BCUT2D eigenvalue weighted by molar-refractivity contribution is 0.0663. The SMILES string of the molecule is CC1(C)CCc2c(cc3oc(C(=O)O)c(-c4ccc5c(c4)OCO5)c(=O)c3c2O)O1. The van der Waals surface area contributed by atoms with E-state index in [2.05, 4.69) is 0 Å². The highest BCUT2D eigenvalue weighted by atomic mass is 16.7. The number of ether oxygens (including phenoxy) is 3. The van der Waals surface area contributed by atoms with E-state index < -0.39 is 22.8 Å². The van der Waals surface area contributed by atoms with Gasteiger partial charge in [-0.1, -0.05) is 6.07 Å². The minimum Gasteiger partial charge on any atom is -0.507 e. The molecule has 3 heterocycles. The second-order valence-corrected chi connectivity index (χ2v) is 7.95. The molecule has 8 nitrogen and oxygen atoms in total. The predicted molar refractivity (Wildman–Crippen MR) is 106 cm³/mol. The van der Waals surface area contributed by atoms with Gasteiger partial charge in [-0.25, -0.2) is 4.79 Å². The van der Waals surface area contributed by atoms with E-state index in [1.54, 1.807) is 12.1 Å². The summed E-state index contributed by atoms with van der Waals surface area (Å²) in [5.41, 5.74) is -0.500. The number of hydrogen-bond acceptors (Lipinski definition) is 7. The summed E-state index contributed by atoms with van der Waals surface area (Å²) in [6.45, 7) is 3.87. The standard InChI is InChI=1S/C22H18O8/c1-22(2)6-5-11-13(30-22)8-15-17(18(11)23)19(24)16(20(29-15)21(25)26)10-3-4-12-14(7-10)28-9-27-12/h3-4,7-8,23H,5-6,9H2,1-2H3,(H,25,26). The van der Waals surface area contributed by atoms with Gasteiger partial charge in [0.15, 0.2) is 11.5 Å². The number of carboxylic acids is 1. The molecule has 30 heavy (non-hydrogen) atoms. The normalized spacial score (nSPS) is 16.2. The topological polar surface area (TPSA) is 115 Å². The summed E-state index contributed by atoms with van der Waals surface area (Å²) in [5.74, 6) is -0.899. The number of hydrogen-bond donors (Lipinski definition) is 2. The van der Waals surface area contributed by atoms with Gasteiger partial charge in [0.1, 0.15) is 28.1 Å². The van der Waals surface area contributed by atoms with E-state index in [0.29, 0.717) is 41.2 Å². The van der Waals surface area contributed by atoms with Crippen molar-refractivity contribution in [3.05, 3.63) is 45.8 Å². The molecule has 3 aromatic rings. The van der Waals surface area contributed by atoms with Crippen LogP contribution in [0, 0.1) is 0 Å². The van der Waals surface area contributed by atoms with Crippen LogP contribution in [0.4, 0.5) is 0 Å². The lowest BCUT2D eigenvalue weighted by atomic mass is 9.92. The molecular formula is C22H18O8. The summed E-state index contributed by atoms with van der Waals surface area (Å²) in [4.78, 5) is 25.3. The molecule has 0 aliphatic carbocycles. The zero-order valence-corrected chi connectivity index (χ0v) is 16.3. The van der Waals surface area contributed by atoms with Gasteiger partial charge < -0.3 is 28.8 Å². The maximum atomic E-state index is 13.4. The van der Waals surface area contributed by atoms with Crippen LogP contribution in [0.2, 0.25) is 0 Å². The largest absolute Gasteiger partial charge is 0.507 e. The van der Waals surface area contributed by atoms with Crippen LogP contribution < -0.4 is 19.6 Å². The maximum absolute atomic E-state index is 13.4. The fraction of sp³-hybridized carbons (Fsp3) is 0.273. The second kappa shape index (κ2) is 6.16. The van der Waals surface area contributed by atoms with Crippen LogP contribution in [0.5, 0.6) is 23.0 Å². The number of fused-ring (bicyclic) bond motifs is 3. The molecule has 154 valence electrons. The van der Waals surface area contributed by atoms with Gasteiger partial charge in [-0.3, -0.25) is 4.79 Å². The highest BCUT2D eigenvalue weighted by molar-refractivity contribution is 5.99. The molecule has 0 saturated heterocycles. The number of benzene rings is 2. The first-order valence-electron chi connectivity index (χ1n) is 9.43. The Bertz CT molecular complexity index is 1280. The third-order valence-electron chi connectivity index (χ3n) is 5.44. The number of rotatable bonds is 2. The van der Waals surface area contributed by atoms with Gasteiger partial charge in [-0.15, -0.1) is 0 Å². The Morgan fingerprint density at radius 3 is 2.63 bits per heavy atom. The maximum Gasteiger partial charge on any atom is 0.372 e. The van der Waals surface area contributed by atoms with Crippen LogP contribution >= 0.6 is 0 Å². The molecule has 2 aliphatic heterocycles. The Hall–Kier alpha value is -3.68. The first kappa shape index (κ1) is 18.4. The molecule has 0 unspecified atom stereocenters. The van der Waals surface area contributed by atoms with Crippen LogP contribution in [0.25, 0.3) is 22.1 Å². The summed E-state index contributed by atoms with van der Waals surface area (Å²) in [7, 11) is 0. The average molecular weight is 410 g/mol. The molecule has 0 fully saturated rings. The Morgan fingerprint density at radius 2 is 1.87 bits per heavy atom. The van der Waals surface area contributed by atoms with Gasteiger partial charge in [0.25, 0.3) is 0 Å². The lowest BCUT2D eigenvalue weighted by Crippen LogP contribution is -2.32. The van der Waals surface area contributed by atoms with Gasteiger partial charge >= 0.3 is 5.97 Å². The van der Waals surface area contributed by atoms with Crippen molar-refractivity contribution < 1.29 is 33.6 Å². The van der Waals surface area contributed by atoms with E-state index in [1.165, 1.54) is 12.1 Å². The van der Waals surface area contributed by atoms with Crippen molar-refractivity contribution in [3.8, 4) is 34.1 Å². The molecule has 0 radical (unpaired) electrons. The summed E-state index contributed by atoms with van der Waals surface area (Å²) < 4.78 is 22.1. The van der Waals surface area contributed by atoms with Crippen molar-refractivity contribution in [2.24, 2.45) is 0 Å². The average Bonchev–Trinajstić information content (AvgIpc) is 3.14. The number of phenolic OH excluding ortho intramolecular Hbond substituents is 1. The van der Waals surface area contributed by atoms with Gasteiger partial charge in [0, 0.05) is 11.6 Å². The number of carboxylic acid groups (broad SMARTS) is 1. The highest BCUT2D eigenvalue weighted by Crippen LogP contribution is 2.43. The quantitative estimate of drug-likeness (QED) is 0.657. The van der Waals surface area contributed by atoms with Crippen LogP contribution in [-0.4, -0.2) is 28.6 Å². The molecule has 2 aliphatic rings.